The highest BCUT2D eigenvalue weighted by Gasteiger charge is 2.13. The molecule has 1 N–H and O–H groups in total. The minimum atomic E-state index is -1.01. The number of carboxylic acids is 1. The summed E-state index contributed by atoms with van der Waals surface area (Å²) in [6.45, 7) is 0. The molecule has 0 aliphatic heterocycles. The first-order chi connectivity index (χ1) is 6.77. The van der Waals surface area contributed by atoms with Gasteiger partial charge in [-0.15, -0.1) is 0 Å². The topological polar surface area (TPSA) is 50.4 Å². The maximum Gasteiger partial charge on any atom is 0.371 e. The number of hydrogen-bond acceptors (Lipinski definition) is 2. The minimum absolute atomic E-state index is 0.0199. The van der Waals surface area contributed by atoms with Crippen LogP contribution in [0.25, 0.3) is 5.57 Å². The third-order valence-corrected chi connectivity index (χ3v) is 2.42. The van der Waals surface area contributed by atoms with Crippen molar-refractivity contribution in [1.82, 2.24) is 0 Å². The Morgan fingerprint density at radius 1 is 1.36 bits per heavy atom. The Morgan fingerprint density at radius 3 is 2.79 bits per heavy atom. The van der Waals surface area contributed by atoms with Crippen molar-refractivity contribution in [2.75, 3.05) is 0 Å². The molecule has 0 amide bonds. The van der Waals surface area contributed by atoms with E-state index < -0.39 is 5.97 Å². The van der Waals surface area contributed by atoms with E-state index in [1.807, 2.05) is 0 Å². The molecule has 14 heavy (non-hydrogen) atoms. The summed E-state index contributed by atoms with van der Waals surface area (Å²) >= 11 is 0. The van der Waals surface area contributed by atoms with Crippen LogP contribution in [-0.2, 0) is 0 Å². The van der Waals surface area contributed by atoms with Gasteiger partial charge in [-0.1, -0.05) is 6.08 Å². The number of aromatic carboxylic acids is 1. The van der Waals surface area contributed by atoms with Gasteiger partial charge >= 0.3 is 5.97 Å². The lowest BCUT2D eigenvalue weighted by Gasteiger charge is -2.09. The van der Waals surface area contributed by atoms with Crippen molar-refractivity contribution in [2.45, 2.75) is 25.7 Å². The molecule has 1 aromatic rings. The number of hydrogen-bond donors (Lipinski definition) is 1. The van der Waals surface area contributed by atoms with Gasteiger partial charge in [-0.25, -0.2) is 4.79 Å². The molecule has 0 fully saturated rings. The second-order valence-electron chi connectivity index (χ2n) is 3.44. The first kappa shape index (κ1) is 9.06. The van der Waals surface area contributed by atoms with Crippen LogP contribution >= 0.6 is 0 Å². The van der Waals surface area contributed by atoms with Crippen LogP contribution in [-0.4, -0.2) is 11.1 Å². The van der Waals surface area contributed by atoms with Gasteiger partial charge in [0.2, 0.25) is 5.76 Å². The predicted octanol–water partition coefficient (Wildman–Crippen LogP) is 2.94. The summed E-state index contributed by atoms with van der Waals surface area (Å²) in [6, 6.07) is 3.24. The zero-order valence-electron chi connectivity index (χ0n) is 7.82. The molecule has 0 unspecified atom stereocenters. The van der Waals surface area contributed by atoms with Gasteiger partial charge in [0.1, 0.15) is 5.76 Å². The van der Waals surface area contributed by atoms with Crippen LogP contribution in [0.5, 0.6) is 0 Å². The molecule has 0 spiro atoms. The Kier molecular flexibility index (Phi) is 2.39. The second kappa shape index (κ2) is 3.70. The van der Waals surface area contributed by atoms with E-state index in [1.54, 1.807) is 6.07 Å². The smallest absolute Gasteiger partial charge is 0.371 e. The van der Waals surface area contributed by atoms with Crippen LogP contribution in [0.2, 0.25) is 0 Å². The minimum Gasteiger partial charge on any atom is -0.475 e. The molecule has 0 radical (unpaired) electrons. The summed E-state index contributed by atoms with van der Waals surface area (Å²) < 4.78 is 5.22. The van der Waals surface area contributed by atoms with Gasteiger partial charge in [0, 0.05) is 0 Å². The summed E-state index contributed by atoms with van der Waals surface area (Å²) in [4.78, 5) is 10.6. The average molecular weight is 192 g/mol. The number of carboxylic acid groups (broad SMARTS) is 1. The van der Waals surface area contributed by atoms with E-state index >= 15 is 0 Å². The molecule has 74 valence electrons. The van der Waals surface area contributed by atoms with Crippen LogP contribution in [0.4, 0.5) is 0 Å². The molecular weight excluding hydrogens is 180 g/mol. The van der Waals surface area contributed by atoms with Gasteiger partial charge < -0.3 is 9.52 Å². The Morgan fingerprint density at radius 2 is 2.21 bits per heavy atom. The van der Waals surface area contributed by atoms with Gasteiger partial charge in [-0.05, 0) is 43.4 Å². The fourth-order valence-electron chi connectivity index (χ4n) is 1.69. The molecule has 0 aromatic carbocycles. The van der Waals surface area contributed by atoms with Gasteiger partial charge in [0.15, 0.2) is 0 Å². The van der Waals surface area contributed by atoms with Gasteiger partial charge in [-0.2, -0.15) is 0 Å². The molecule has 1 heterocycles. The molecule has 3 nitrogen and oxygen atoms in total. The molecule has 0 saturated carbocycles. The number of furan rings is 1. The van der Waals surface area contributed by atoms with Crippen molar-refractivity contribution < 1.29 is 14.3 Å². The number of allylic oxidation sites excluding steroid dienone is 2. The average Bonchev–Trinajstić information content (AvgIpc) is 2.68. The van der Waals surface area contributed by atoms with Crippen molar-refractivity contribution in [1.29, 1.82) is 0 Å². The largest absolute Gasteiger partial charge is 0.475 e. The van der Waals surface area contributed by atoms with E-state index in [-0.39, 0.29) is 5.76 Å². The molecule has 1 aromatic heterocycles. The maximum atomic E-state index is 10.6. The van der Waals surface area contributed by atoms with Crippen molar-refractivity contribution in [2.24, 2.45) is 0 Å². The van der Waals surface area contributed by atoms with Crippen molar-refractivity contribution in [3.8, 4) is 0 Å². The molecule has 0 bridgehead atoms. The highest BCUT2D eigenvalue weighted by Crippen LogP contribution is 2.27. The summed E-state index contributed by atoms with van der Waals surface area (Å²) in [5, 5.41) is 8.68. The third kappa shape index (κ3) is 1.71. The Balaban J connectivity index is 2.23. The lowest BCUT2D eigenvalue weighted by molar-refractivity contribution is 0.0662. The van der Waals surface area contributed by atoms with Crippen LogP contribution < -0.4 is 0 Å². The Hall–Kier alpha value is -1.51. The van der Waals surface area contributed by atoms with Gasteiger partial charge in [-0.3, -0.25) is 0 Å². The quantitative estimate of drug-likeness (QED) is 0.783. The molecular formula is C11H12O3. The first-order valence-electron chi connectivity index (χ1n) is 4.80. The summed E-state index contributed by atoms with van der Waals surface area (Å²) in [6.07, 6.45) is 6.57. The van der Waals surface area contributed by atoms with E-state index in [9.17, 15) is 4.79 Å². The predicted molar refractivity (Wildman–Crippen MR) is 52.1 cm³/mol. The van der Waals surface area contributed by atoms with Crippen LogP contribution in [0, 0.1) is 0 Å². The zero-order valence-corrected chi connectivity index (χ0v) is 7.82. The van der Waals surface area contributed by atoms with Gasteiger partial charge in [0.05, 0.1) is 0 Å². The molecule has 0 atom stereocenters. The number of rotatable bonds is 2. The first-order valence-corrected chi connectivity index (χ1v) is 4.80. The van der Waals surface area contributed by atoms with Crippen molar-refractivity contribution in [3.63, 3.8) is 0 Å². The van der Waals surface area contributed by atoms with Crippen LogP contribution in [0.3, 0.4) is 0 Å². The Labute approximate surface area is 82.0 Å². The van der Waals surface area contributed by atoms with Gasteiger partial charge in [0.25, 0.3) is 0 Å². The van der Waals surface area contributed by atoms with E-state index in [2.05, 4.69) is 6.08 Å². The second-order valence-corrected chi connectivity index (χ2v) is 3.44. The molecule has 3 heteroatoms. The van der Waals surface area contributed by atoms with Crippen LogP contribution in [0.15, 0.2) is 22.6 Å². The molecule has 1 aliphatic carbocycles. The lowest BCUT2D eigenvalue weighted by Crippen LogP contribution is -1.93. The standard InChI is InChI=1S/C11H12O3/c12-11(13)10-7-6-9(14-10)8-4-2-1-3-5-8/h4,6-7H,1-3,5H2,(H,12,13). The fraction of sp³-hybridized carbons (Fsp3) is 0.364. The van der Waals surface area contributed by atoms with Crippen LogP contribution in [0.1, 0.15) is 42.0 Å². The van der Waals surface area contributed by atoms with Crippen molar-refractivity contribution >= 4 is 11.5 Å². The summed E-state index contributed by atoms with van der Waals surface area (Å²) in [7, 11) is 0. The summed E-state index contributed by atoms with van der Waals surface area (Å²) in [5.74, 6) is -0.277. The monoisotopic (exact) mass is 192 g/mol. The molecule has 0 saturated heterocycles. The van der Waals surface area contributed by atoms with E-state index in [0.717, 1.165) is 24.8 Å². The molecule has 2 rings (SSSR count). The maximum absolute atomic E-state index is 10.6. The Bertz CT molecular complexity index is 374. The van der Waals surface area contributed by atoms with Crippen molar-refractivity contribution in [3.05, 3.63) is 29.7 Å². The fourth-order valence-corrected chi connectivity index (χ4v) is 1.69. The van der Waals surface area contributed by atoms with E-state index in [4.69, 9.17) is 9.52 Å². The highest BCUT2D eigenvalue weighted by atomic mass is 16.4. The van der Waals surface area contributed by atoms with E-state index in [0.29, 0.717) is 5.76 Å². The normalized spacial score (nSPS) is 16.4. The number of carbonyl (C=O) groups is 1. The zero-order chi connectivity index (χ0) is 9.97. The summed E-state index contributed by atoms with van der Waals surface area (Å²) in [5.41, 5.74) is 1.14. The highest BCUT2D eigenvalue weighted by molar-refractivity contribution is 5.85. The van der Waals surface area contributed by atoms with E-state index in [1.165, 1.54) is 12.5 Å². The molecule has 1 aliphatic rings. The SMILES string of the molecule is O=C(O)c1ccc(C2=CCCCC2)o1. The third-order valence-electron chi connectivity index (χ3n) is 2.42. The lowest BCUT2D eigenvalue weighted by atomic mass is 9.98.